The lowest BCUT2D eigenvalue weighted by molar-refractivity contribution is -0.134. The first-order valence-electron chi connectivity index (χ1n) is 14.6. The topological polar surface area (TPSA) is 123 Å². The number of amides is 5. The minimum atomic E-state index is -0.437. The molecule has 0 bridgehead atoms. The van der Waals surface area contributed by atoms with Gasteiger partial charge < -0.3 is 35.6 Å². The highest BCUT2D eigenvalue weighted by Gasteiger charge is 2.32. The number of benzene rings is 2. The number of para-hydroxylation sites is 1. The second-order valence-corrected chi connectivity index (χ2v) is 11.3. The van der Waals surface area contributed by atoms with Crippen LogP contribution in [0.4, 0.5) is 21.0 Å². The molecule has 1 aliphatic carbocycles. The first-order valence-corrected chi connectivity index (χ1v) is 14.6. The molecule has 1 aliphatic heterocycles. The van der Waals surface area contributed by atoms with Crippen LogP contribution in [0.2, 0.25) is 0 Å². The molecule has 1 saturated carbocycles. The van der Waals surface area contributed by atoms with Crippen LogP contribution in [-0.4, -0.2) is 77.8 Å². The van der Waals surface area contributed by atoms with Gasteiger partial charge in [-0.25, -0.2) is 9.59 Å². The molecule has 3 atom stereocenters. The van der Waals surface area contributed by atoms with Gasteiger partial charge in [-0.05, 0) is 50.1 Å². The van der Waals surface area contributed by atoms with Gasteiger partial charge in [-0.1, -0.05) is 44.4 Å². The van der Waals surface area contributed by atoms with Gasteiger partial charge in [0.1, 0.15) is 11.9 Å². The summed E-state index contributed by atoms with van der Waals surface area (Å²) < 4.78 is 6.50. The second kappa shape index (κ2) is 14.2. The number of carbonyl (C=O) groups is 3. The number of carbonyl (C=O) groups excluding carboxylic acids is 3. The van der Waals surface area contributed by atoms with E-state index in [1.807, 2.05) is 44.2 Å². The van der Waals surface area contributed by atoms with Crippen LogP contribution in [0, 0.1) is 5.92 Å². The quantitative estimate of drug-likeness (QED) is 0.395. The number of hydrogen-bond acceptors (Lipinski definition) is 5. The average molecular weight is 566 g/mol. The Kier molecular flexibility index (Phi) is 10.5. The summed E-state index contributed by atoms with van der Waals surface area (Å²) in [4.78, 5) is 42.3. The van der Waals surface area contributed by atoms with Crippen molar-refractivity contribution in [2.24, 2.45) is 5.92 Å². The standard InChI is InChI=1S/C31H43N5O5/c1-21-18-36(22(2)20-37)29(38)17-23-16-26(33-30(39)32-24-10-6-4-7-11-24)14-15-27(23)41-28(21)19-35(3)31(40)34-25-12-8-5-9-13-25/h5,8-9,12-16,21-22,24,28,37H,4,6-7,10-11,17-20H2,1-3H3,(H,34,40)(H2,32,33,39)/t21-,22-,28+/m1/s1. The van der Waals surface area contributed by atoms with E-state index in [1.54, 1.807) is 35.0 Å². The van der Waals surface area contributed by atoms with E-state index in [9.17, 15) is 19.5 Å². The summed E-state index contributed by atoms with van der Waals surface area (Å²) in [7, 11) is 1.71. The van der Waals surface area contributed by atoms with Crippen LogP contribution in [0.3, 0.4) is 0 Å². The Balaban J connectivity index is 1.53. The number of anilines is 2. The first kappa shape index (κ1) is 30.2. The zero-order valence-corrected chi connectivity index (χ0v) is 24.3. The summed E-state index contributed by atoms with van der Waals surface area (Å²) in [5.41, 5.74) is 1.90. The van der Waals surface area contributed by atoms with Gasteiger partial charge >= 0.3 is 12.1 Å². The van der Waals surface area contributed by atoms with Crippen molar-refractivity contribution in [3.8, 4) is 5.75 Å². The Hall–Kier alpha value is -3.79. The van der Waals surface area contributed by atoms with Gasteiger partial charge in [-0.3, -0.25) is 4.79 Å². The summed E-state index contributed by atoms with van der Waals surface area (Å²) in [6, 6.07) is 13.8. The Morgan fingerprint density at radius 1 is 1.07 bits per heavy atom. The maximum Gasteiger partial charge on any atom is 0.321 e. The molecule has 2 aromatic rings. The molecule has 0 saturated heterocycles. The molecular weight excluding hydrogens is 522 g/mol. The van der Waals surface area contributed by atoms with Gasteiger partial charge in [0.15, 0.2) is 0 Å². The summed E-state index contributed by atoms with van der Waals surface area (Å²) >= 11 is 0. The van der Waals surface area contributed by atoms with Crippen molar-refractivity contribution >= 4 is 29.3 Å². The van der Waals surface area contributed by atoms with Crippen LogP contribution < -0.4 is 20.7 Å². The Morgan fingerprint density at radius 2 is 1.80 bits per heavy atom. The molecule has 1 heterocycles. The molecule has 0 aromatic heterocycles. The molecule has 0 spiro atoms. The van der Waals surface area contributed by atoms with Gasteiger partial charge in [0.25, 0.3) is 0 Å². The number of aliphatic hydroxyl groups is 1. The van der Waals surface area contributed by atoms with Crippen molar-refractivity contribution in [3.05, 3.63) is 54.1 Å². The SMILES string of the molecule is C[C@@H]1CN([C@H](C)CO)C(=O)Cc2cc(NC(=O)NC3CCCCC3)ccc2O[C@H]1CN(C)C(=O)Nc1ccccc1. The molecule has 2 aliphatic rings. The number of aliphatic hydroxyl groups excluding tert-OH is 1. The van der Waals surface area contributed by atoms with Crippen molar-refractivity contribution in [1.82, 2.24) is 15.1 Å². The number of hydrogen-bond donors (Lipinski definition) is 4. The summed E-state index contributed by atoms with van der Waals surface area (Å²) in [5.74, 6) is 0.247. The third kappa shape index (κ3) is 8.36. The number of likely N-dealkylation sites (N-methyl/N-ethyl adjacent to an activating group) is 1. The molecule has 41 heavy (non-hydrogen) atoms. The molecule has 0 unspecified atom stereocenters. The monoisotopic (exact) mass is 565 g/mol. The van der Waals surface area contributed by atoms with Crippen LogP contribution in [-0.2, 0) is 11.2 Å². The molecule has 10 nitrogen and oxygen atoms in total. The minimum absolute atomic E-state index is 0.0587. The number of nitrogens with one attached hydrogen (secondary N) is 3. The van der Waals surface area contributed by atoms with E-state index >= 15 is 0 Å². The van der Waals surface area contributed by atoms with E-state index < -0.39 is 6.10 Å². The largest absolute Gasteiger partial charge is 0.488 e. The summed E-state index contributed by atoms with van der Waals surface area (Å²) in [5, 5.41) is 18.7. The molecule has 222 valence electrons. The zero-order valence-electron chi connectivity index (χ0n) is 24.3. The molecule has 0 radical (unpaired) electrons. The Labute approximate surface area is 242 Å². The van der Waals surface area contributed by atoms with Crippen LogP contribution in [0.15, 0.2) is 48.5 Å². The van der Waals surface area contributed by atoms with Gasteiger partial charge in [0.2, 0.25) is 5.91 Å². The number of rotatable bonds is 7. The highest BCUT2D eigenvalue weighted by Crippen LogP contribution is 2.29. The van der Waals surface area contributed by atoms with Crippen LogP contribution in [0.25, 0.3) is 0 Å². The molecule has 1 fully saturated rings. The van der Waals surface area contributed by atoms with E-state index in [-0.39, 0.29) is 55.5 Å². The van der Waals surface area contributed by atoms with Crippen molar-refractivity contribution in [3.63, 3.8) is 0 Å². The molecule has 10 heteroatoms. The van der Waals surface area contributed by atoms with Gasteiger partial charge in [-0.15, -0.1) is 0 Å². The number of nitrogens with zero attached hydrogens (tertiary/aromatic N) is 2. The third-order valence-corrected chi connectivity index (χ3v) is 7.94. The number of fused-ring (bicyclic) bond motifs is 1. The lowest BCUT2D eigenvalue weighted by Gasteiger charge is -2.34. The Morgan fingerprint density at radius 3 is 2.51 bits per heavy atom. The average Bonchev–Trinajstić information content (AvgIpc) is 3.01. The van der Waals surface area contributed by atoms with Crippen molar-refractivity contribution in [2.45, 2.75) is 70.6 Å². The molecular formula is C31H43N5O5. The third-order valence-electron chi connectivity index (χ3n) is 7.94. The highest BCUT2D eigenvalue weighted by atomic mass is 16.5. The van der Waals surface area contributed by atoms with E-state index in [1.165, 1.54) is 6.42 Å². The van der Waals surface area contributed by atoms with Crippen LogP contribution >= 0.6 is 0 Å². The fraction of sp³-hybridized carbons (Fsp3) is 0.516. The summed E-state index contributed by atoms with van der Waals surface area (Å²) in [6.45, 7) is 4.26. The van der Waals surface area contributed by atoms with E-state index in [2.05, 4.69) is 16.0 Å². The first-order chi connectivity index (χ1) is 19.7. The minimum Gasteiger partial charge on any atom is -0.488 e. The van der Waals surface area contributed by atoms with Gasteiger partial charge in [-0.2, -0.15) is 0 Å². The summed E-state index contributed by atoms with van der Waals surface area (Å²) in [6.07, 6.45) is 5.03. The predicted molar refractivity (Wildman–Crippen MR) is 159 cm³/mol. The zero-order chi connectivity index (χ0) is 29.4. The normalized spacial score (nSPS) is 20.4. The van der Waals surface area contributed by atoms with E-state index in [4.69, 9.17) is 4.74 Å². The van der Waals surface area contributed by atoms with Crippen molar-refractivity contribution in [2.75, 3.05) is 37.4 Å². The maximum atomic E-state index is 13.5. The highest BCUT2D eigenvalue weighted by molar-refractivity contribution is 5.90. The lowest BCUT2D eigenvalue weighted by Crippen LogP contribution is -2.48. The fourth-order valence-corrected chi connectivity index (χ4v) is 5.42. The van der Waals surface area contributed by atoms with E-state index in [0.717, 1.165) is 25.7 Å². The molecule has 5 amide bonds. The number of ether oxygens (including phenoxy) is 1. The van der Waals surface area contributed by atoms with Crippen molar-refractivity contribution in [1.29, 1.82) is 0 Å². The van der Waals surface area contributed by atoms with Crippen LogP contribution in [0.5, 0.6) is 5.75 Å². The van der Waals surface area contributed by atoms with Crippen molar-refractivity contribution < 1.29 is 24.2 Å². The fourth-order valence-electron chi connectivity index (χ4n) is 5.42. The lowest BCUT2D eigenvalue weighted by atomic mass is 9.96. The van der Waals surface area contributed by atoms with Gasteiger partial charge in [0.05, 0.1) is 25.6 Å². The van der Waals surface area contributed by atoms with Crippen LogP contribution in [0.1, 0.15) is 51.5 Å². The maximum absolute atomic E-state index is 13.5. The molecule has 2 aromatic carbocycles. The number of urea groups is 2. The van der Waals surface area contributed by atoms with E-state index in [0.29, 0.717) is 29.2 Å². The molecule has 4 N–H and O–H groups in total. The smallest absolute Gasteiger partial charge is 0.321 e. The van der Waals surface area contributed by atoms with Gasteiger partial charge in [0, 0.05) is 42.5 Å². The Bertz CT molecular complexity index is 1190. The predicted octanol–water partition coefficient (Wildman–Crippen LogP) is 4.45. The second-order valence-electron chi connectivity index (χ2n) is 11.3. The molecule has 4 rings (SSSR count).